The van der Waals surface area contributed by atoms with Gasteiger partial charge in [-0.3, -0.25) is 9.59 Å². The van der Waals surface area contributed by atoms with Crippen molar-refractivity contribution in [1.82, 2.24) is 10.9 Å². The van der Waals surface area contributed by atoms with Crippen LogP contribution in [0.4, 0.5) is 0 Å². The van der Waals surface area contributed by atoms with Crippen molar-refractivity contribution in [2.45, 2.75) is 12.8 Å². The van der Waals surface area contributed by atoms with Crippen LogP contribution in [0.1, 0.15) is 35.1 Å². The van der Waals surface area contributed by atoms with Crippen LogP contribution >= 0.6 is 0 Å². The fourth-order valence-corrected chi connectivity index (χ4v) is 1.98. The van der Waals surface area contributed by atoms with Crippen molar-refractivity contribution in [3.05, 3.63) is 70.8 Å². The van der Waals surface area contributed by atoms with E-state index in [2.05, 4.69) is 21.1 Å². The first-order chi connectivity index (χ1) is 13.6. The Morgan fingerprint density at radius 1 is 0.750 bits per heavy atom. The Hall–Kier alpha value is -4.30. The summed E-state index contributed by atoms with van der Waals surface area (Å²) in [6.07, 6.45) is 2.81. The van der Waals surface area contributed by atoms with E-state index in [1.165, 1.54) is 12.4 Å². The number of hydrazone groups is 2. The zero-order valence-electron chi connectivity index (χ0n) is 14.8. The average molecular weight is 372 g/mol. The largest absolute Gasteiger partial charge is 0.273 e. The van der Waals surface area contributed by atoms with Gasteiger partial charge >= 0.3 is 0 Å². The molecule has 2 amide bonds. The molecule has 2 aromatic carbocycles. The summed E-state index contributed by atoms with van der Waals surface area (Å²) in [7, 11) is 0. The Labute approximate surface area is 161 Å². The van der Waals surface area contributed by atoms with Gasteiger partial charge < -0.3 is 0 Å². The molecule has 0 saturated carbocycles. The first-order valence-electron chi connectivity index (χ1n) is 8.25. The number of nitrogens with one attached hydrogen (secondary N) is 2. The molecule has 0 saturated heterocycles. The van der Waals surface area contributed by atoms with E-state index in [4.69, 9.17) is 10.5 Å². The van der Waals surface area contributed by atoms with E-state index >= 15 is 0 Å². The molecule has 0 unspecified atom stereocenters. The van der Waals surface area contributed by atoms with Crippen LogP contribution < -0.4 is 10.9 Å². The average Bonchev–Trinajstić information content (AvgIpc) is 2.73. The highest BCUT2D eigenvalue weighted by atomic mass is 16.2. The van der Waals surface area contributed by atoms with Gasteiger partial charge in [0.05, 0.1) is 35.7 Å². The van der Waals surface area contributed by atoms with Gasteiger partial charge in [0, 0.05) is 12.8 Å². The van der Waals surface area contributed by atoms with Crippen molar-refractivity contribution >= 4 is 24.2 Å². The SMILES string of the molecule is N#Cc1ccc(/C=N\NC(=O)CCC(=O)N/N=C/c2ccc(C#N)cc2)cc1. The summed E-state index contributed by atoms with van der Waals surface area (Å²) >= 11 is 0. The van der Waals surface area contributed by atoms with Gasteiger partial charge in [-0.1, -0.05) is 24.3 Å². The minimum absolute atomic E-state index is 0.0388. The van der Waals surface area contributed by atoms with Crippen molar-refractivity contribution in [2.24, 2.45) is 10.2 Å². The maximum atomic E-state index is 11.7. The molecule has 0 spiro atoms. The van der Waals surface area contributed by atoms with Gasteiger partial charge in [-0.05, 0) is 35.4 Å². The Morgan fingerprint density at radius 3 is 1.43 bits per heavy atom. The third kappa shape index (κ3) is 6.90. The van der Waals surface area contributed by atoms with E-state index in [0.717, 1.165) is 11.1 Å². The summed E-state index contributed by atoms with van der Waals surface area (Å²) in [6, 6.07) is 17.4. The van der Waals surface area contributed by atoms with Crippen LogP contribution in [0, 0.1) is 22.7 Å². The number of amides is 2. The highest BCUT2D eigenvalue weighted by Crippen LogP contribution is 2.01. The van der Waals surface area contributed by atoms with Crippen LogP contribution in [0.25, 0.3) is 0 Å². The molecule has 2 N–H and O–H groups in total. The van der Waals surface area contributed by atoms with Gasteiger partial charge in [0.25, 0.3) is 0 Å². The number of nitriles is 2. The number of hydrogen-bond acceptors (Lipinski definition) is 6. The lowest BCUT2D eigenvalue weighted by Gasteiger charge is -2.00. The summed E-state index contributed by atoms with van der Waals surface area (Å²) in [4.78, 5) is 23.4. The number of benzene rings is 2. The van der Waals surface area contributed by atoms with Crippen molar-refractivity contribution in [1.29, 1.82) is 10.5 Å². The lowest BCUT2D eigenvalue weighted by atomic mass is 10.2. The van der Waals surface area contributed by atoms with Gasteiger partial charge in [-0.25, -0.2) is 10.9 Å². The predicted octanol–water partition coefficient (Wildman–Crippen LogP) is 1.81. The maximum absolute atomic E-state index is 11.7. The minimum Gasteiger partial charge on any atom is -0.273 e. The lowest BCUT2D eigenvalue weighted by molar-refractivity contribution is -0.126. The molecule has 0 aromatic heterocycles. The Bertz CT molecular complexity index is 882. The summed E-state index contributed by atoms with van der Waals surface area (Å²) in [5.41, 5.74) is 7.19. The van der Waals surface area contributed by atoms with Crippen LogP contribution in [0.3, 0.4) is 0 Å². The van der Waals surface area contributed by atoms with E-state index in [9.17, 15) is 9.59 Å². The van der Waals surface area contributed by atoms with Gasteiger partial charge in [0.2, 0.25) is 11.8 Å². The van der Waals surface area contributed by atoms with E-state index in [1.54, 1.807) is 48.5 Å². The molecule has 0 heterocycles. The molecule has 8 nitrogen and oxygen atoms in total. The van der Waals surface area contributed by atoms with Crippen LogP contribution in [-0.4, -0.2) is 24.2 Å². The third-order valence-corrected chi connectivity index (χ3v) is 3.46. The normalized spacial score (nSPS) is 10.4. The van der Waals surface area contributed by atoms with E-state index in [-0.39, 0.29) is 12.8 Å². The van der Waals surface area contributed by atoms with Gasteiger partial charge in [-0.15, -0.1) is 0 Å². The molecule has 2 aromatic rings. The molecular weight excluding hydrogens is 356 g/mol. The Morgan fingerprint density at radius 2 is 1.11 bits per heavy atom. The van der Waals surface area contributed by atoms with Gasteiger partial charge in [-0.2, -0.15) is 20.7 Å². The molecule has 138 valence electrons. The second kappa shape index (κ2) is 10.6. The van der Waals surface area contributed by atoms with E-state index < -0.39 is 11.8 Å². The van der Waals surface area contributed by atoms with Gasteiger partial charge in [0.15, 0.2) is 0 Å². The minimum atomic E-state index is -0.406. The molecule has 0 aliphatic heterocycles. The molecule has 0 fully saturated rings. The summed E-state index contributed by atoms with van der Waals surface area (Å²) in [6.45, 7) is 0. The molecule has 0 aliphatic rings. The lowest BCUT2D eigenvalue weighted by Crippen LogP contribution is -2.22. The number of rotatable bonds is 7. The summed E-state index contributed by atoms with van der Waals surface area (Å²) in [5.74, 6) is -0.813. The second-order valence-corrected chi connectivity index (χ2v) is 5.55. The number of nitrogens with zero attached hydrogens (tertiary/aromatic N) is 4. The molecule has 0 radical (unpaired) electrons. The van der Waals surface area contributed by atoms with Crippen molar-refractivity contribution in [3.63, 3.8) is 0 Å². The van der Waals surface area contributed by atoms with Crippen LogP contribution in [0.2, 0.25) is 0 Å². The topological polar surface area (TPSA) is 130 Å². The number of carbonyl (C=O) groups excluding carboxylic acids is 2. The Balaban J connectivity index is 1.69. The highest BCUT2D eigenvalue weighted by Gasteiger charge is 2.05. The molecule has 0 aliphatic carbocycles. The van der Waals surface area contributed by atoms with Gasteiger partial charge in [0.1, 0.15) is 0 Å². The third-order valence-electron chi connectivity index (χ3n) is 3.46. The molecule has 2 rings (SSSR count). The molecule has 28 heavy (non-hydrogen) atoms. The van der Waals surface area contributed by atoms with Crippen LogP contribution in [0.5, 0.6) is 0 Å². The molecule has 8 heteroatoms. The van der Waals surface area contributed by atoms with Crippen molar-refractivity contribution in [2.75, 3.05) is 0 Å². The quantitative estimate of drug-likeness (QED) is 0.567. The number of carbonyl (C=O) groups is 2. The van der Waals surface area contributed by atoms with Crippen LogP contribution in [-0.2, 0) is 9.59 Å². The second-order valence-electron chi connectivity index (χ2n) is 5.55. The fraction of sp³-hybridized carbons (Fsp3) is 0.100. The van der Waals surface area contributed by atoms with Crippen LogP contribution in [0.15, 0.2) is 58.7 Å². The Kier molecular flexibility index (Phi) is 7.60. The van der Waals surface area contributed by atoms with E-state index in [1.807, 2.05) is 12.1 Å². The van der Waals surface area contributed by atoms with Crippen molar-refractivity contribution in [3.8, 4) is 12.1 Å². The molecular formula is C20H16N6O2. The standard InChI is InChI=1S/C20H16N6O2/c21-11-15-1-5-17(6-2-15)13-23-25-19(27)9-10-20(28)26-24-14-18-7-3-16(12-22)4-8-18/h1-8,13-14H,9-10H2,(H,25,27)(H,26,28)/b23-13-,24-14+. The molecule has 0 atom stereocenters. The number of hydrogen-bond donors (Lipinski definition) is 2. The fourth-order valence-electron chi connectivity index (χ4n) is 1.98. The highest BCUT2D eigenvalue weighted by molar-refractivity contribution is 5.86. The first kappa shape index (κ1) is 20.0. The predicted molar refractivity (Wildman–Crippen MR) is 103 cm³/mol. The monoisotopic (exact) mass is 372 g/mol. The maximum Gasteiger partial charge on any atom is 0.240 e. The smallest absolute Gasteiger partial charge is 0.240 e. The van der Waals surface area contributed by atoms with E-state index in [0.29, 0.717) is 11.1 Å². The summed E-state index contributed by atoms with van der Waals surface area (Å²) in [5, 5.41) is 25.0. The zero-order valence-corrected chi connectivity index (χ0v) is 14.8. The summed E-state index contributed by atoms with van der Waals surface area (Å²) < 4.78 is 0. The zero-order chi connectivity index (χ0) is 20.2. The molecule has 0 bridgehead atoms. The van der Waals surface area contributed by atoms with Crippen molar-refractivity contribution < 1.29 is 9.59 Å². The first-order valence-corrected chi connectivity index (χ1v) is 8.25.